The second-order valence-electron chi connectivity index (χ2n) is 9.05. The number of carbonyl (C=O) groups excluding carboxylic acids is 1. The highest BCUT2D eigenvalue weighted by atomic mass is 32.1. The van der Waals surface area contributed by atoms with Gasteiger partial charge in [0.2, 0.25) is 5.91 Å². The fourth-order valence-electron chi connectivity index (χ4n) is 4.59. The van der Waals surface area contributed by atoms with E-state index in [1.165, 1.54) is 27.1 Å². The molecule has 2 aromatic carbocycles. The van der Waals surface area contributed by atoms with E-state index in [0.717, 1.165) is 38.0 Å². The van der Waals surface area contributed by atoms with Gasteiger partial charge in [0.15, 0.2) is 0 Å². The SMILES string of the molecule is Cc1ccc(NC(=O)C(C)C)cc1C1(Cc2cc(-c3ccccc3)cs2)CCNCC1. The van der Waals surface area contributed by atoms with Crippen LogP contribution in [0, 0.1) is 12.8 Å². The number of piperidine rings is 1. The van der Waals surface area contributed by atoms with Crippen molar-refractivity contribution in [1.29, 1.82) is 0 Å². The smallest absolute Gasteiger partial charge is 0.226 e. The highest BCUT2D eigenvalue weighted by molar-refractivity contribution is 7.10. The van der Waals surface area contributed by atoms with Gasteiger partial charge in [-0.05, 0) is 85.1 Å². The first-order valence-electron chi connectivity index (χ1n) is 11.2. The predicted molar refractivity (Wildman–Crippen MR) is 132 cm³/mol. The minimum absolute atomic E-state index is 0.0277. The van der Waals surface area contributed by atoms with Crippen LogP contribution in [-0.2, 0) is 16.6 Å². The van der Waals surface area contributed by atoms with E-state index in [9.17, 15) is 4.79 Å². The van der Waals surface area contributed by atoms with Gasteiger partial charge in [0.05, 0.1) is 0 Å². The van der Waals surface area contributed by atoms with Crippen LogP contribution in [0.25, 0.3) is 11.1 Å². The first kappa shape index (κ1) is 21.8. The number of thiophene rings is 1. The summed E-state index contributed by atoms with van der Waals surface area (Å²) < 4.78 is 0. The molecule has 0 saturated carbocycles. The van der Waals surface area contributed by atoms with E-state index in [-0.39, 0.29) is 17.2 Å². The lowest BCUT2D eigenvalue weighted by atomic mass is 9.69. The molecule has 0 bridgehead atoms. The Morgan fingerprint density at radius 1 is 1.06 bits per heavy atom. The fourth-order valence-corrected chi connectivity index (χ4v) is 5.63. The number of nitrogens with one attached hydrogen (secondary N) is 2. The molecule has 31 heavy (non-hydrogen) atoms. The summed E-state index contributed by atoms with van der Waals surface area (Å²) in [6.45, 7) is 8.12. The molecule has 1 amide bonds. The topological polar surface area (TPSA) is 41.1 Å². The summed E-state index contributed by atoms with van der Waals surface area (Å²) in [6.07, 6.45) is 3.25. The Morgan fingerprint density at radius 2 is 1.81 bits per heavy atom. The molecular formula is C27H32N2OS. The average Bonchev–Trinajstić information content (AvgIpc) is 3.24. The van der Waals surface area contributed by atoms with Crippen molar-refractivity contribution in [3.8, 4) is 11.1 Å². The summed E-state index contributed by atoms with van der Waals surface area (Å²) in [4.78, 5) is 13.7. The lowest BCUT2D eigenvalue weighted by Gasteiger charge is -2.39. The molecule has 2 N–H and O–H groups in total. The second kappa shape index (κ2) is 9.37. The molecule has 1 fully saturated rings. The third kappa shape index (κ3) is 4.91. The van der Waals surface area contributed by atoms with Crippen molar-refractivity contribution in [3.63, 3.8) is 0 Å². The summed E-state index contributed by atoms with van der Waals surface area (Å²) in [7, 11) is 0. The molecule has 2 heterocycles. The predicted octanol–water partition coefficient (Wildman–Crippen LogP) is 6.18. The van der Waals surface area contributed by atoms with Crippen molar-refractivity contribution in [2.45, 2.75) is 45.4 Å². The molecule has 1 saturated heterocycles. The Bertz CT molecular complexity index is 1030. The summed E-state index contributed by atoms with van der Waals surface area (Å²) >= 11 is 1.87. The number of benzene rings is 2. The van der Waals surface area contributed by atoms with Gasteiger partial charge in [0.1, 0.15) is 0 Å². The van der Waals surface area contributed by atoms with E-state index < -0.39 is 0 Å². The maximum atomic E-state index is 12.3. The maximum absolute atomic E-state index is 12.3. The van der Waals surface area contributed by atoms with Crippen LogP contribution >= 0.6 is 11.3 Å². The first-order valence-corrected chi connectivity index (χ1v) is 12.1. The van der Waals surface area contributed by atoms with Gasteiger partial charge in [-0.15, -0.1) is 11.3 Å². The Hall–Kier alpha value is -2.43. The Labute approximate surface area is 189 Å². The van der Waals surface area contributed by atoms with Gasteiger partial charge in [-0.3, -0.25) is 4.79 Å². The van der Waals surface area contributed by atoms with Gasteiger partial charge in [-0.1, -0.05) is 50.2 Å². The number of hydrogen-bond acceptors (Lipinski definition) is 3. The van der Waals surface area contributed by atoms with Crippen molar-refractivity contribution in [2.24, 2.45) is 5.92 Å². The van der Waals surface area contributed by atoms with Crippen LogP contribution in [0.15, 0.2) is 60.0 Å². The quantitative estimate of drug-likeness (QED) is 0.488. The molecule has 162 valence electrons. The van der Waals surface area contributed by atoms with Gasteiger partial charge < -0.3 is 10.6 Å². The summed E-state index contributed by atoms with van der Waals surface area (Å²) in [5.74, 6) is 0.0417. The molecule has 4 rings (SSSR count). The van der Waals surface area contributed by atoms with Gasteiger partial charge in [-0.25, -0.2) is 0 Å². The lowest BCUT2D eigenvalue weighted by molar-refractivity contribution is -0.118. The van der Waals surface area contributed by atoms with Crippen molar-refractivity contribution >= 4 is 22.9 Å². The van der Waals surface area contributed by atoms with Crippen molar-refractivity contribution in [3.05, 3.63) is 76.0 Å². The molecule has 4 heteroatoms. The van der Waals surface area contributed by atoms with Crippen LogP contribution < -0.4 is 10.6 Å². The van der Waals surface area contributed by atoms with E-state index in [0.29, 0.717) is 0 Å². The number of carbonyl (C=O) groups is 1. The molecule has 3 nitrogen and oxygen atoms in total. The summed E-state index contributed by atoms with van der Waals surface area (Å²) in [5, 5.41) is 8.93. The molecule has 0 spiro atoms. The molecule has 0 radical (unpaired) electrons. The van der Waals surface area contributed by atoms with Crippen LogP contribution in [0.3, 0.4) is 0 Å². The lowest BCUT2D eigenvalue weighted by Crippen LogP contribution is -2.41. The Balaban J connectivity index is 1.66. The van der Waals surface area contributed by atoms with Gasteiger partial charge >= 0.3 is 0 Å². The molecule has 1 aliphatic heterocycles. The summed E-state index contributed by atoms with van der Waals surface area (Å²) in [5.41, 5.74) is 6.27. The van der Waals surface area contributed by atoms with Crippen LogP contribution in [-0.4, -0.2) is 19.0 Å². The summed E-state index contributed by atoms with van der Waals surface area (Å²) in [6, 6.07) is 19.4. The van der Waals surface area contributed by atoms with Crippen molar-refractivity contribution < 1.29 is 4.79 Å². The van der Waals surface area contributed by atoms with Crippen LogP contribution in [0.5, 0.6) is 0 Å². The highest BCUT2D eigenvalue weighted by Gasteiger charge is 2.36. The van der Waals surface area contributed by atoms with Crippen LogP contribution in [0.1, 0.15) is 42.7 Å². The number of aryl methyl sites for hydroxylation is 1. The highest BCUT2D eigenvalue weighted by Crippen LogP contribution is 2.41. The van der Waals surface area contributed by atoms with Crippen molar-refractivity contribution in [1.82, 2.24) is 5.32 Å². The monoisotopic (exact) mass is 432 g/mol. The number of hydrogen-bond donors (Lipinski definition) is 2. The molecule has 0 unspecified atom stereocenters. The third-order valence-corrected chi connectivity index (χ3v) is 7.37. The molecule has 3 aromatic rings. The van der Waals surface area contributed by atoms with Gasteiger partial charge in [0.25, 0.3) is 0 Å². The first-order chi connectivity index (χ1) is 15.0. The second-order valence-corrected chi connectivity index (χ2v) is 10.0. The number of anilines is 1. The standard InChI is InChI=1S/C27H32N2OS/c1-19(2)26(30)29-23-10-9-20(3)25(16-23)27(11-13-28-14-12-27)17-24-15-22(18-31-24)21-7-5-4-6-8-21/h4-10,15-16,18-19,28H,11-14,17H2,1-3H3,(H,29,30). The van der Waals surface area contributed by atoms with E-state index in [4.69, 9.17) is 0 Å². The van der Waals surface area contributed by atoms with Gasteiger partial charge in [-0.2, -0.15) is 0 Å². The van der Waals surface area contributed by atoms with Gasteiger partial charge in [0, 0.05) is 21.9 Å². The molecule has 0 atom stereocenters. The van der Waals surface area contributed by atoms with E-state index in [1.807, 2.05) is 31.3 Å². The number of amides is 1. The van der Waals surface area contributed by atoms with E-state index in [1.54, 1.807) is 0 Å². The van der Waals surface area contributed by atoms with E-state index in [2.05, 4.69) is 71.5 Å². The maximum Gasteiger partial charge on any atom is 0.226 e. The molecule has 1 aliphatic rings. The molecule has 1 aromatic heterocycles. The minimum Gasteiger partial charge on any atom is -0.326 e. The normalized spacial score (nSPS) is 15.7. The van der Waals surface area contributed by atoms with Crippen LogP contribution in [0.4, 0.5) is 5.69 Å². The van der Waals surface area contributed by atoms with E-state index >= 15 is 0 Å². The Morgan fingerprint density at radius 3 is 2.52 bits per heavy atom. The zero-order valence-corrected chi connectivity index (χ0v) is 19.5. The largest absolute Gasteiger partial charge is 0.326 e. The molecule has 0 aliphatic carbocycles. The van der Waals surface area contributed by atoms with Crippen LogP contribution in [0.2, 0.25) is 0 Å². The zero-order chi connectivity index (χ0) is 21.8. The fraction of sp³-hybridized carbons (Fsp3) is 0.370. The van der Waals surface area contributed by atoms with Crippen molar-refractivity contribution in [2.75, 3.05) is 18.4 Å². The molecular weight excluding hydrogens is 400 g/mol. The Kier molecular flexibility index (Phi) is 6.59. The zero-order valence-electron chi connectivity index (χ0n) is 18.7. The average molecular weight is 433 g/mol. The number of rotatable bonds is 6. The third-order valence-electron chi connectivity index (χ3n) is 6.43. The minimum atomic E-state index is -0.0277.